The number of esters is 1. The van der Waals surface area contributed by atoms with E-state index in [0.717, 1.165) is 70.9 Å². The summed E-state index contributed by atoms with van der Waals surface area (Å²) in [6.45, 7) is 11.2. The Morgan fingerprint density at radius 2 is 1.55 bits per heavy atom. The highest BCUT2D eigenvalue weighted by Gasteiger charge is 2.33. The Bertz CT molecular complexity index is 1150. The van der Waals surface area contributed by atoms with Crippen LogP contribution in [0.2, 0.25) is 0 Å². The van der Waals surface area contributed by atoms with Crippen LogP contribution in [0.5, 0.6) is 0 Å². The van der Waals surface area contributed by atoms with Crippen LogP contribution < -0.4 is 5.32 Å². The first-order valence-electron chi connectivity index (χ1n) is 19.8. The van der Waals surface area contributed by atoms with Gasteiger partial charge < -0.3 is 29.3 Å². The minimum atomic E-state index is -0.374. The number of hydrogen-bond donors (Lipinski definition) is 1. The van der Waals surface area contributed by atoms with Gasteiger partial charge in [-0.05, 0) is 103 Å². The number of carbonyl (C=O) groups is 2. The summed E-state index contributed by atoms with van der Waals surface area (Å²) >= 11 is 0. The second-order valence-corrected chi connectivity index (χ2v) is 15.4. The Labute approximate surface area is 296 Å². The average molecular weight is 680 g/mol. The van der Waals surface area contributed by atoms with Crippen molar-refractivity contribution in [2.45, 2.75) is 154 Å². The van der Waals surface area contributed by atoms with Crippen molar-refractivity contribution in [2.75, 3.05) is 32.7 Å². The fraction of sp³-hybridized carbons (Fsp3) is 0.756. The minimum absolute atomic E-state index is 0.0258. The predicted molar refractivity (Wildman–Crippen MR) is 196 cm³/mol. The first-order chi connectivity index (χ1) is 23.9. The van der Waals surface area contributed by atoms with Gasteiger partial charge in [0.1, 0.15) is 6.10 Å². The molecule has 0 aromatic rings. The van der Waals surface area contributed by atoms with E-state index < -0.39 is 0 Å². The molecule has 5 aliphatic rings. The fourth-order valence-electron chi connectivity index (χ4n) is 8.45. The summed E-state index contributed by atoms with van der Waals surface area (Å²) in [7, 11) is 0. The average Bonchev–Trinajstić information content (AvgIpc) is 3.39. The number of amides is 2. The van der Waals surface area contributed by atoms with E-state index in [-0.39, 0.29) is 54.9 Å². The summed E-state index contributed by atoms with van der Waals surface area (Å²) in [6, 6.07) is 0.686. The Morgan fingerprint density at radius 3 is 2.31 bits per heavy atom. The third-order valence-electron chi connectivity index (χ3n) is 11.3. The Morgan fingerprint density at radius 1 is 0.837 bits per heavy atom. The minimum Gasteiger partial charge on any atom is -0.457 e. The van der Waals surface area contributed by atoms with Gasteiger partial charge in [0, 0.05) is 38.0 Å². The van der Waals surface area contributed by atoms with Crippen molar-refractivity contribution >= 4 is 12.0 Å². The van der Waals surface area contributed by atoms with Crippen molar-refractivity contribution in [3.05, 3.63) is 48.1 Å². The Hall–Kier alpha value is -2.42. The molecule has 0 aromatic carbocycles. The molecule has 0 spiro atoms. The number of piperidine rings is 1. The second kappa shape index (κ2) is 19.8. The van der Waals surface area contributed by atoms with Crippen molar-refractivity contribution in [1.29, 1.82) is 0 Å². The van der Waals surface area contributed by atoms with Gasteiger partial charge in [-0.15, -0.1) is 0 Å². The van der Waals surface area contributed by atoms with Crippen molar-refractivity contribution in [2.24, 2.45) is 11.8 Å². The van der Waals surface area contributed by atoms with Crippen LogP contribution in [0.3, 0.4) is 0 Å². The molecule has 4 bridgehead atoms. The van der Waals surface area contributed by atoms with Crippen LogP contribution in [0.25, 0.3) is 0 Å². The van der Waals surface area contributed by atoms with Gasteiger partial charge in [0.05, 0.1) is 30.8 Å². The number of nitrogens with zero attached hydrogens (tertiary/aromatic N) is 2. The van der Waals surface area contributed by atoms with Gasteiger partial charge in [-0.2, -0.15) is 0 Å². The number of cyclic esters (lactones) is 1. The molecule has 4 fully saturated rings. The number of hydrogen-bond acceptors (Lipinski definition) is 6. The first-order valence-corrected chi connectivity index (χ1v) is 19.8. The van der Waals surface area contributed by atoms with Gasteiger partial charge in [-0.25, -0.2) is 4.79 Å². The molecule has 4 saturated heterocycles. The number of urea groups is 1. The lowest BCUT2D eigenvalue weighted by molar-refractivity contribution is -0.154. The maximum absolute atomic E-state index is 13.3. The SMILES string of the molecule is CC=C1CC2CC(=O)OC(C=CC=CCCNC(=O)N3CCC(N4CCCCCC4)CC3)C(C)C=CC(C)CC3CCCC(CC(C1)O2)O3. The molecule has 8 heteroatoms. The molecular weight excluding hydrogens is 614 g/mol. The van der Waals surface area contributed by atoms with E-state index in [2.05, 4.69) is 55.3 Å². The van der Waals surface area contributed by atoms with E-state index in [9.17, 15) is 9.59 Å². The number of likely N-dealkylation sites (tertiary alicyclic amines) is 2. The van der Waals surface area contributed by atoms with Gasteiger partial charge in [-0.1, -0.05) is 68.7 Å². The lowest BCUT2D eigenvalue weighted by Gasteiger charge is -2.38. The predicted octanol–water partition coefficient (Wildman–Crippen LogP) is 7.89. The molecular formula is C41H65N3O5. The molecule has 5 aliphatic heterocycles. The molecule has 2 amide bonds. The van der Waals surface area contributed by atoms with E-state index in [1.807, 2.05) is 23.1 Å². The third-order valence-corrected chi connectivity index (χ3v) is 11.3. The standard InChI is InChI=1S/C41H65N3O5/c1-4-33-27-37-29-36-15-13-14-35(47-36)26-31(2)17-18-32(3)39(49-40(45)30-38(28-33)48-37)16-9-5-6-10-21-42-41(46)44-24-19-34(20-25-44)43-22-11-7-8-12-23-43/h4-6,9,16-18,31-32,34-39H,7-8,10-15,19-30H2,1-3H3,(H,42,46). The highest BCUT2D eigenvalue weighted by Crippen LogP contribution is 2.33. The van der Waals surface area contributed by atoms with Gasteiger partial charge in [0.15, 0.2) is 0 Å². The molecule has 0 aliphatic carbocycles. The van der Waals surface area contributed by atoms with Crippen LogP contribution in [-0.4, -0.2) is 91.1 Å². The number of carbonyl (C=O) groups excluding carboxylic acids is 2. The maximum atomic E-state index is 13.3. The summed E-state index contributed by atoms with van der Waals surface area (Å²) in [6.07, 6.45) is 30.2. The van der Waals surface area contributed by atoms with E-state index in [0.29, 0.717) is 18.5 Å². The number of ether oxygens (including phenoxy) is 3. The second-order valence-electron chi connectivity index (χ2n) is 15.4. The molecule has 7 atom stereocenters. The zero-order chi connectivity index (χ0) is 34.4. The summed E-state index contributed by atoms with van der Waals surface area (Å²) in [5.74, 6) is 0.190. The van der Waals surface area contributed by atoms with Crippen molar-refractivity contribution in [3.63, 3.8) is 0 Å². The largest absolute Gasteiger partial charge is 0.457 e. The quantitative estimate of drug-likeness (QED) is 0.133. The fourth-order valence-corrected chi connectivity index (χ4v) is 8.45. The molecule has 7 unspecified atom stereocenters. The van der Waals surface area contributed by atoms with Gasteiger partial charge in [0.25, 0.3) is 0 Å². The summed E-state index contributed by atoms with van der Waals surface area (Å²) in [5.41, 5.74) is 1.36. The van der Waals surface area contributed by atoms with Crippen molar-refractivity contribution < 1.29 is 23.8 Å². The molecule has 49 heavy (non-hydrogen) atoms. The molecule has 274 valence electrons. The van der Waals surface area contributed by atoms with E-state index in [4.69, 9.17) is 14.2 Å². The Kier molecular flexibility index (Phi) is 15.3. The lowest BCUT2D eigenvalue weighted by Crippen LogP contribution is -2.49. The first kappa shape index (κ1) is 37.8. The van der Waals surface area contributed by atoms with Gasteiger partial charge in [-0.3, -0.25) is 4.79 Å². The van der Waals surface area contributed by atoms with Gasteiger partial charge >= 0.3 is 12.0 Å². The number of nitrogens with one attached hydrogen (secondary N) is 1. The number of rotatable bonds is 6. The van der Waals surface area contributed by atoms with E-state index in [1.54, 1.807) is 0 Å². The van der Waals surface area contributed by atoms with Crippen LogP contribution in [0.15, 0.2) is 48.1 Å². The highest BCUT2D eigenvalue weighted by molar-refractivity contribution is 5.74. The van der Waals surface area contributed by atoms with Crippen LogP contribution in [0, 0.1) is 11.8 Å². The third kappa shape index (κ3) is 12.4. The maximum Gasteiger partial charge on any atom is 0.317 e. The van der Waals surface area contributed by atoms with Crippen LogP contribution in [0.1, 0.15) is 117 Å². The van der Waals surface area contributed by atoms with Gasteiger partial charge in [0.2, 0.25) is 0 Å². The molecule has 0 saturated carbocycles. The molecule has 8 nitrogen and oxygen atoms in total. The van der Waals surface area contributed by atoms with E-state index in [1.165, 1.54) is 50.8 Å². The molecule has 0 aromatic heterocycles. The van der Waals surface area contributed by atoms with Crippen LogP contribution in [-0.2, 0) is 19.0 Å². The van der Waals surface area contributed by atoms with Crippen LogP contribution >= 0.6 is 0 Å². The molecule has 0 radical (unpaired) electrons. The number of fused-ring (bicyclic) bond motifs is 4. The van der Waals surface area contributed by atoms with Crippen LogP contribution in [0.4, 0.5) is 4.79 Å². The zero-order valence-electron chi connectivity index (χ0n) is 30.7. The van der Waals surface area contributed by atoms with Crippen molar-refractivity contribution in [3.8, 4) is 0 Å². The summed E-state index contributed by atoms with van der Waals surface area (Å²) < 4.78 is 19.2. The topological polar surface area (TPSA) is 80.3 Å². The lowest BCUT2D eigenvalue weighted by atomic mass is 9.90. The zero-order valence-corrected chi connectivity index (χ0v) is 30.7. The van der Waals surface area contributed by atoms with Crippen molar-refractivity contribution in [1.82, 2.24) is 15.1 Å². The normalized spacial score (nSPS) is 34.3. The summed E-state index contributed by atoms with van der Waals surface area (Å²) in [4.78, 5) is 30.7. The molecule has 1 N–H and O–H groups in total. The molecule has 5 rings (SSSR count). The highest BCUT2D eigenvalue weighted by atomic mass is 16.5. The Balaban J connectivity index is 1.11. The van der Waals surface area contributed by atoms with E-state index >= 15 is 0 Å². The number of allylic oxidation sites excluding steroid dienone is 4. The smallest absolute Gasteiger partial charge is 0.317 e. The summed E-state index contributed by atoms with van der Waals surface area (Å²) in [5, 5.41) is 3.10. The molecule has 5 heterocycles. The monoisotopic (exact) mass is 679 g/mol.